The Morgan fingerprint density at radius 2 is 1.96 bits per heavy atom. The Morgan fingerprint density at radius 1 is 1.12 bits per heavy atom. The standard InChI is InChI=1S/C19H15ClN2O2/c20-14-5-6-15-13(10-14)4-3-12-2-1-8-21-19(12)18(15)16-7-9-22(24)11-17(16)23/h1-2,5-11,18,23H,3-4H2/t18-/m0/s1. The lowest BCUT2D eigenvalue weighted by Crippen LogP contribution is -2.24. The van der Waals surface area contributed by atoms with E-state index in [1.165, 1.54) is 12.4 Å². The molecule has 2 aromatic heterocycles. The van der Waals surface area contributed by atoms with Crippen molar-refractivity contribution >= 4 is 11.6 Å². The molecular weight excluding hydrogens is 324 g/mol. The van der Waals surface area contributed by atoms with Crippen molar-refractivity contribution < 1.29 is 9.84 Å². The molecule has 0 aliphatic heterocycles. The molecule has 0 unspecified atom stereocenters. The largest absolute Gasteiger partial charge is 0.619 e. The molecule has 0 fully saturated rings. The minimum Gasteiger partial charge on any atom is -0.619 e. The van der Waals surface area contributed by atoms with Crippen LogP contribution in [0.15, 0.2) is 55.0 Å². The van der Waals surface area contributed by atoms with E-state index >= 15 is 0 Å². The Hall–Kier alpha value is -2.59. The Balaban J connectivity index is 2.00. The predicted molar refractivity (Wildman–Crippen MR) is 91.1 cm³/mol. The van der Waals surface area contributed by atoms with Gasteiger partial charge in [0.2, 0.25) is 6.20 Å². The van der Waals surface area contributed by atoms with Gasteiger partial charge in [0.25, 0.3) is 0 Å². The summed E-state index contributed by atoms with van der Waals surface area (Å²) in [5.41, 5.74) is 4.94. The van der Waals surface area contributed by atoms with E-state index in [4.69, 9.17) is 11.6 Å². The van der Waals surface area contributed by atoms with Gasteiger partial charge < -0.3 is 10.3 Å². The number of aromatic hydroxyl groups is 1. The van der Waals surface area contributed by atoms with Gasteiger partial charge in [0, 0.05) is 22.8 Å². The molecule has 1 aliphatic carbocycles. The van der Waals surface area contributed by atoms with Crippen molar-refractivity contribution in [3.05, 3.63) is 93.2 Å². The van der Waals surface area contributed by atoms with E-state index in [1.807, 2.05) is 24.3 Å². The number of aromatic nitrogens is 2. The summed E-state index contributed by atoms with van der Waals surface area (Å²) in [7, 11) is 0. The summed E-state index contributed by atoms with van der Waals surface area (Å²) in [6.07, 6.45) is 6.07. The number of hydrogen-bond acceptors (Lipinski definition) is 3. The van der Waals surface area contributed by atoms with Gasteiger partial charge in [-0.2, -0.15) is 4.73 Å². The van der Waals surface area contributed by atoms with Crippen LogP contribution in [0.3, 0.4) is 0 Å². The van der Waals surface area contributed by atoms with Crippen molar-refractivity contribution in [3.63, 3.8) is 0 Å². The molecule has 2 heterocycles. The number of pyridine rings is 2. The third-order valence-corrected chi connectivity index (χ3v) is 4.77. The van der Waals surface area contributed by atoms with Crippen LogP contribution in [-0.4, -0.2) is 10.1 Å². The SMILES string of the molecule is [O-][n+]1ccc([C@@H]2c3ccc(Cl)cc3CCc3cccnc32)c(O)c1. The van der Waals surface area contributed by atoms with Crippen LogP contribution in [-0.2, 0) is 12.8 Å². The van der Waals surface area contributed by atoms with Crippen LogP contribution in [0.5, 0.6) is 5.75 Å². The van der Waals surface area contributed by atoms with E-state index in [1.54, 1.807) is 12.3 Å². The molecule has 120 valence electrons. The van der Waals surface area contributed by atoms with Gasteiger partial charge in [0.05, 0.1) is 11.6 Å². The molecule has 1 atom stereocenters. The highest BCUT2D eigenvalue weighted by atomic mass is 35.5. The molecule has 0 saturated carbocycles. The summed E-state index contributed by atoms with van der Waals surface area (Å²) in [6.45, 7) is 0. The fourth-order valence-electron chi connectivity index (χ4n) is 3.45. The summed E-state index contributed by atoms with van der Waals surface area (Å²) in [5, 5.41) is 22.5. The molecule has 4 nitrogen and oxygen atoms in total. The Morgan fingerprint density at radius 3 is 2.79 bits per heavy atom. The van der Waals surface area contributed by atoms with Crippen molar-refractivity contribution in [2.45, 2.75) is 18.8 Å². The van der Waals surface area contributed by atoms with Gasteiger partial charge in [-0.15, -0.1) is 0 Å². The molecule has 1 aromatic carbocycles. The van der Waals surface area contributed by atoms with Crippen molar-refractivity contribution in [2.24, 2.45) is 0 Å². The normalized spacial score (nSPS) is 16.1. The first kappa shape index (κ1) is 15.0. The van der Waals surface area contributed by atoms with Crippen LogP contribution in [0.2, 0.25) is 5.02 Å². The second kappa shape index (κ2) is 5.80. The first-order valence-corrected chi connectivity index (χ1v) is 8.15. The molecule has 24 heavy (non-hydrogen) atoms. The van der Waals surface area contributed by atoms with E-state index in [0.29, 0.717) is 15.3 Å². The minimum absolute atomic E-state index is 0.0306. The van der Waals surface area contributed by atoms with Crippen molar-refractivity contribution in [2.75, 3.05) is 0 Å². The number of hydrogen-bond donors (Lipinski definition) is 1. The lowest BCUT2D eigenvalue weighted by Gasteiger charge is -2.20. The van der Waals surface area contributed by atoms with Gasteiger partial charge in [-0.05, 0) is 47.7 Å². The highest BCUT2D eigenvalue weighted by Crippen LogP contribution is 2.41. The molecule has 0 spiro atoms. The van der Waals surface area contributed by atoms with Gasteiger partial charge >= 0.3 is 0 Å². The average Bonchev–Trinajstić information content (AvgIpc) is 2.72. The number of fused-ring (bicyclic) bond motifs is 2. The number of rotatable bonds is 1. The molecule has 4 rings (SSSR count). The summed E-state index contributed by atoms with van der Waals surface area (Å²) in [5.74, 6) is -0.255. The third kappa shape index (κ3) is 2.49. The molecule has 0 radical (unpaired) electrons. The molecule has 1 N–H and O–H groups in total. The summed E-state index contributed by atoms with van der Waals surface area (Å²) >= 11 is 6.18. The highest BCUT2D eigenvalue weighted by Gasteiger charge is 2.29. The van der Waals surface area contributed by atoms with Gasteiger partial charge in [-0.1, -0.05) is 23.7 Å². The predicted octanol–water partition coefficient (Wildman–Crippen LogP) is 3.35. The van der Waals surface area contributed by atoms with Gasteiger partial charge in [-0.25, -0.2) is 0 Å². The van der Waals surface area contributed by atoms with E-state index in [2.05, 4.69) is 11.1 Å². The van der Waals surface area contributed by atoms with E-state index < -0.39 is 0 Å². The Kier molecular flexibility index (Phi) is 3.62. The van der Waals surface area contributed by atoms with Crippen LogP contribution >= 0.6 is 11.6 Å². The average molecular weight is 339 g/mol. The second-order valence-electron chi connectivity index (χ2n) is 5.97. The van der Waals surface area contributed by atoms with Gasteiger partial charge in [-0.3, -0.25) is 4.98 Å². The third-order valence-electron chi connectivity index (χ3n) is 4.54. The molecule has 0 amide bonds. The summed E-state index contributed by atoms with van der Waals surface area (Å²) < 4.78 is 0.595. The minimum atomic E-state index is -0.225. The van der Waals surface area contributed by atoms with Crippen molar-refractivity contribution in [3.8, 4) is 5.75 Å². The lowest BCUT2D eigenvalue weighted by molar-refractivity contribution is -0.605. The topological polar surface area (TPSA) is 60.1 Å². The van der Waals surface area contributed by atoms with E-state index in [0.717, 1.165) is 35.2 Å². The molecule has 0 bridgehead atoms. The molecular formula is C19H15ClN2O2. The molecule has 5 heteroatoms. The summed E-state index contributed by atoms with van der Waals surface area (Å²) in [6, 6.07) is 11.5. The maximum absolute atomic E-state index is 11.5. The molecule has 1 aliphatic rings. The van der Waals surface area contributed by atoms with Crippen LogP contribution < -0.4 is 4.73 Å². The van der Waals surface area contributed by atoms with E-state index in [9.17, 15) is 10.3 Å². The Bertz CT molecular complexity index is 927. The van der Waals surface area contributed by atoms with Crippen LogP contribution in [0.1, 0.15) is 33.9 Å². The monoisotopic (exact) mass is 338 g/mol. The molecule has 3 aromatic rings. The zero-order valence-corrected chi connectivity index (χ0v) is 13.6. The first-order valence-electron chi connectivity index (χ1n) is 7.77. The van der Waals surface area contributed by atoms with Crippen LogP contribution in [0, 0.1) is 5.21 Å². The maximum Gasteiger partial charge on any atom is 0.222 e. The quantitative estimate of drug-likeness (QED) is 0.546. The number of nitrogens with zero attached hydrogens (tertiary/aromatic N) is 2. The number of benzene rings is 1. The fourth-order valence-corrected chi connectivity index (χ4v) is 3.64. The second-order valence-corrected chi connectivity index (χ2v) is 6.41. The zero-order chi connectivity index (χ0) is 16.7. The smallest absolute Gasteiger partial charge is 0.222 e. The van der Waals surface area contributed by atoms with Gasteiger partial charge in [0.1, 0.15) is 0 Å². The Labute approximate surface area is 144 Å². The van der Waals surface area contributed by atoms with Crippen LogP contribution in [0.4, 0.5) is 0 Å². The zero-order valence-electron chi connectivity index (χ0n) is 12.8. The van der Waals surface area contributed by atoms with Crippen molar-refractivity contribution in [1.29, 1.82) is 0 Å². The lowest BCUT2D eigenvalue weighted by atomic mass is 9.85. The maximum atomic E-state index is 11.5. The highest BCUT2D eigenvalue weighted by molar-refractivity contribution is 6.30. The van der Waals surface area contributed by atoms with Crippen LogP contribution in [0.25, 0.3) is 0 Å². The van der Waals surface area contributed by atoms with E-state index in [-0.39, 0.29) is 11.7 Å². The number of aryl methyl sites for hydroxylation is 2. The van der Waals surface area contributed by atoms with Crippen molar-refractivity contribution in [1.82, 2.24) is 4.98 Å². The summed E-state index contributed by atoms with van der Waals surface area (Å²) in [4.78, 5) is 4.59. The first-order chi connectivity index (χ1) is 11.6. The fraction of sp³-hybridized carbons (Fsp3) is 0.158. The van der Waals surface area contributed by atoms with Gasteiger partial charge in [0.15, 0.2) is 11.9 Å². The molecule has 0 saturated heterocycles. The number of halogens is 1.